The summed E-state index contributed by atoms with van der Waals surface area (Å²) in [7, 11) is 0. The van der Waals surface area contributed by atoms with E-state index in [-0.39, 0.29) is 11.4 Å². The number of benzene rings is 2. The molecule has 0 unspecified atom stereocenters. The summed E-state index contributed by atoms with van der Waals surface area (Å²) in [5.74, 6) is -1.34. The predicted molar refractivity (Wildman–Crippen MR) is 105 cm³/mol. The van der Waals surface area contributed by atoms with Gasteiger partial charge < -0.3 is 10.7 Å². The van der Waals surface area contributed by atoms with E-state index in [9.17, 15) is 9.59 Å². The molecule has 0 saturated carbocycles. The number of rotatable bonds is 4. The number of carbonyl (C=O) groups excluding carboxylic acids is 2. The smallest absolute Gasteiger partial charge is 0.285 e. The summed E-state index contributed by atoms with van der Waals surface area (Å²) in [5, 5.41) is 0.772. The van der Waals surface area contributed by atoms with Gasteiger partial charge in [0.05, 0.1) is 27.3 Å². The second-order valence-corrected chi connectivity index (χ2v) is 6.96. The van der Waals surface area contributed by atoms with E-state index in [1.54, 1.807) is 24.3 Å². The third kappa shape index (κ3) is 3.05. The van der Waals surface area contributed by atoms with Gasteiger partial charge >= 0.3 is 0 Å². The van der Waals surface area contributed by atoms with Crippen molar-refractivity contribution in [3.8, 4) is 0 Å². The molecule has 4 aromatic rings. The Labute approximate surface area is 162 Å². The fraction of sp³-hybridized carbons (Fsp3) is 0. The molecule has 2 aromatic carbocycles. The van der Waals surface area contributed by atoms with Crippen molar-refractivity contribution in [3.63, 3.8) is 0 Å². The molecule has 0 saturated heterocycles. The molecule has 2 heterocycles. The molecule has 2 amide bonds. The Morgan fingerprint density at radius 3 is 2.59 bits per heavy atom. The standard InChI is InChI=1S/C18H12ClN5O2S/c19-10-5-1-3-7-12(10)24(17(26)15-14(16(20)25)21-9-22-15)18-23-11-6-2-4-8-13(11)27-18/h1-9H,(H2,20,25)(H,21,22). The number of thiazole rings is 1. The summed E-state index contributed by atoms with van der Waals surface area (Å²) in [4.78, 5) is 37.4. The minimum atomic E-state index is -0.778. The van der Waals surface area contributed by atoms with E-state index in [1.807, 2.05) is 24.3 Å². The summed E-state index contributed by atoms with van der Waals surface area (Å²) in [5.41, 5.74) is 6.36. The molecule has 3 N–H and O–H groups in total. The number of aromatic amines is 1. The van der Waals surface area contributed by atoms with Gasteiger partial charge in [-0.15, -0.1) is 0 Å². The van der Waals surface area contributed by atoms with Gasteiger partial charge in [-0.05, 0) is 24.3 Å². The highest BCUT2D eigenvalue weighted by molar-refractivity contribution is 7.22. The molecule has 0 radical (unpaired) electrons. The van der Waals surface area contributed by atoms with Gasteiger partial charge in [-0.25, -0.2) is 14.9 Å². The van der Waals surface area contributed by atoms with Crippen molar-refractivity contribution >= 4 is 55.8 Å². The Hall–Kier alpha value is -3.23. The average molecular weight is 398 g/mol. The number of hydrogen-bond donors (Lipinski definition) is 2. The number of imidazole rings is 1. The Morgan fingerprint density at radius 1 is 1.11 bits per heavy atom. The van der Waals surface area contributed by atoms with Crippen LogP contribution in [0.4, 0.5) is 10.8 Å². The third-order valence-corrected chi connectivity index (χ3v) is 5.20. The van der Waals surface area contributed by atoms with Crippen LogP contribution in [0.5, 0.6) is 0 Å². The molecule has 9 heteroatoms. The number of fused-ring (bicyclic) bond motifs is 1. The van der Waals surface area contributed by atoms with Crippen molar-refractivity contribution in [2.45, 2.75) is 0 Å². The van der Waals surface area contributed by atoms with Crippen molar-refractivity contribution in [1.82, 2.24) is 15.0 Å². The maximum Gasteiger partial charge on any atom is 0.285 e. The summed E-state index contributed by atoms with van der Waals surface area (Å²) < 4.78 is 0.912. The molecule has 0 atom stereocenters. The summed E-state index contributed by atoms with van der Waals surface area (Å²) in [6, 6.07) is 14.4. The predicted octanol–water partition coefficient (Wildman–Crippen LogP) is 3.75. The Balaban J connectivity index is 1.91. The highest BCUT2D eigenvalue weighted by Gasteiger charge is 2.29. The number of aromatic nitrogens is 3. The van der Waals surface area contributed by atoms with Crippen LogP contribution in [-0.2, 0) is 0 Å². The SMILES string of the molecule is NC(=O)c1[nH]cnc1C(=O)N(c1nc2ccccc2s1)c1ccccc1Cl. The van der Waals surface area contributed by atoms with Crippen LogP contribution in [0.15, 0.2) is 54.9 Å². The number of carbonyl (C=O) groups is 2. The number of nitrogens with zero attached hydrogens (tertiary/aromatic N) is 3. The van der Waals surface area contributed by atoms with Crippen LogP contribution < -0.4 is 10.6 Å². The first-order valence-corrected chi connectivity index (χ1v) is 9.03. The summed E-state index contributed by atoms with van der Waals surface area (Å²) >= 11 is 7.67. The zero-order valence-corrected chi connectivity index (χ0v) is 15.3. The van der Waals surface area contributed by atoms with Gasteiger partial charge in [-0.1, -0.05) is 47.2 Å². The van der Waals surface area contributed by atoms with Crippen LogP contribution >= 0.6 is 22.9 Å². The number of para-hydroxylation sites is 2. The molecule has 0 spiro atoms. The van der Waals surface area contributed by atoms with Gasteiger partial charge in [0.25, 0.3) is 11.8 Å². The minimum Gasteiger partial charge on any atom is -0.364 e. The van der Waals surface area contributed by atoms with Gasteiger partial charge in [0.15, 0.2) is 10.8 Å². The molecule has 0 aliphatic rings. The van der Waals surface area contributed by atoms with Crippen molar-refractivity contribution < 1.29 is 9.59 Å². The van der Waals surface area contributed by atoms with Crippen LogP contribution in [0.1, 0.15) is 21.0 Å². The molecule has 0 fully saturated rings. The molecular weight excluding hydrogens is 386 g/mol. The van der Waals surface area contributed by atoms with Gasteiger partial charge in [-0.2, -0.15) is 0 Å². The fourth-order valence-electron chi connectivity index (χ4n) is 2.64. The van der Waals surface area contributed by atoms with Crippen molar-refractivity contribution in [1.29, 1.82) is 0 Å². The van der Waals surface area contributed by atoms with Gasteiger partial charge in [0, 0.05) is 0 Å². The molecule has 27 heavy (non-hydrogen) atoms. The number of nitrogens with two attached hydrogens (primary N) is 1. The number of halogens is 1. The van der Waals surface area contributed by atoms with Crippen LogP contribution in [0.2, 0.25) is 5.02 Å². The third-order valence-electron chi connectivity index (χ3n) is 3.86. The Bertz CT molecular complexity index is 1140. The van der Waals surface area contributed by atoms with E-state index >= 15 is 0 Å². The highest BCUT2D eigenvalue weighted by Crippen LogP contribution is 2.37. The molecule has 134 valence electrons. The Kier molecular flexibility index (Phi) is 4.35. The maximum absolute atomic E-state index is 13.3. The van der Waals surface area contributed by atoms with Crippen molar-refractivity contribution in [3.05, 3.63) is 71.3 Å². The number of nitrogens with one attached hydrogen (secondary N) is 1. The van der Waals surface area contributed by atoms with Crippen LogP contribution in [0.25, 0.3) is 10.2 Å². The molecule has 2 aromatic heterocycles. The largest absolute Gasteiger partial charge is 0.364 e. The lowest BCUT2D eigenvalue weighted by atomic mass is 10.2. The summed E-state index contributed by atoms with van der Waals surface area (Å²) in [6.45, 7) is 0. The van der Waals surface area contributed by atoms with Crippen LogP contribution in [0.3, 0.4) is 0 Å². The van der Waals surface area contributed by atoms with E-state index in [0.717, 1.165) is 10.2 Å². The first-order valence-electron chi connectivity index (χ1n) is 7.84. The molecule has 0 aliphatic carbocycles. The average Bonchev–Trinajstić information content (AvgIpc) is 3.30. The first-order chi connectivity index (χ1) is 13.1. The zero-order valence-electron chi connectivity index (χ0n) is 13.7. The second kappa shape index (κ2) is 6.82. The number of amides is 2. The van der Waals surface area contributed by atoms with Gasteiger partial charge in [0.1, 0.15) is 5.69 Å². The molecule has 0 bridgehead atoms. The van der Waals surface area contributed by atoms with E-state index in [2.05, 4.69) is 15.0 Å². The number of primary amides is 1. The van der Waals surface area contributed by atoms with E-state index in [0.29, 0.717) is 15.8 Å². The van der Waals surface area contributed by atoms with Crippen LogP contribution in [-0.4, -0.2) is 26.8 Å². The van der Waals surface area contributed by atoms with Crippen molar-refractivity contribution in [2.75, 3.05) is 4.90 Å². The lowest BCUT2D eigenvalue weighted by molar-refractivity contribution is 0.0962. The van der Waals surface area contributed by atoms with Crippen LogP contribution in [0, 0.1) is 0 Å². The fourth-order valence-corrected chi connectivity index (χ4v) is 3.84. The first kappa shape index (κ1) is 17.2. The molecule has 0 aliphatic heterocycles. The van der Waals surface area contributed by atoms with Crippen molar-refractivity contribution in [2.24, 2.45) is 5.73 Å². The summed E-state index contributed by atoms with van der Waals surface area (Å²) in [6.07, 6.45) is 1.25. The normalized spacial score (nSPS) is 10.9. The zero-order chi connectivity index (χ0) is 19.0. The molecule has 7 nitrogen and oxygen atoms in total. The second-order valence-electron chi connectivity index (χ2n) is 5.55. The molecule has 4 rings (SSSR count). The number of H-pyrrole nitrogens is 1. The monoisotopic (exact) mass is 397 g/mol. The van der Waals surface area contributed by atoms with E-state index < -0.39 is 11.8 Å². The highest BCUT2D eigenvalue weighted by atomic mass is 35.5. The Morgan fingerprint density at radius 2 is 1.85 bits per heavy atom. The van der Waals surface area contributed by atoms with Gasteiger partial charge in [0.2, 0.25) is 0 Å². The van der Waals surface area contributed by atoms with Gasteiger partial charge in [-0.3, -0.25) is 9.59 Å². The quantitative estimate of drug-likeness (QED) is 0.547. The van der Waals surface area contributed by atoms with E-state index in [1.165, 1.54) is 22.6 Å². The minimum absolute atomic E-state index is 0.0711. The number of hydrogen-bond acceptors (Lipinski definition) is 5. The maximum atomic E-state index is 13.3. The number of anilines is 2. The molecular formula is C18H12ClN5O2S. The van der Waals surface area contributed by atoms with E-state index in [4.69, 9.17) is 17.3 Å². The topological polar surface area (TPSA) is 105 Å². The lowest BCUT2D eigenvalue weighted by Crippen LogP contribution is -2.29. The lowest BCUT2D eigenvalue weighted by Gasteiger charge is -2.20.